The van der Waals surface area contributed by atoms with Crippen LogP contribution in [0.3, 0.4) is 0 Å². The molecular weight excluding hydrogens is 380 g/mol. The van der Waals surface area contributed by atoms with E-state index in [1.165, 1.54) is 4.31 Å². The molecule has 2 aliphatic rings. The van der Waals surface area contributed by atoms with Crippen LogP contribution in [-0.4, -0.2) is 39.4 Å². The van der Waals surface area contributed by atoms with Gasteiger partial charge < -0.3 is 14.8 Å². The quantitative estimate of drug-likeness (QED) is 0.849. The van der Waals surface area contributed by atoms with E-state index in [9.17, 15) is 13.2 Å². The Hall–Kier alpha value is -2.58. The summed E-state index contributed by atoms with van der Waals surface area (Å²) in [6, 6.07) is 8.57. The van der Waals surface area contributed by atoms with Gasteiger partial charge in [0.25, 0.3) is 0 Å². The SMILES string of the molecule is COc1cc2c(cc1OC)CN(S(=O)(=O)c1ccc3c(c1)[C@H](C)C(=O)N3)CC2. The molecule has 7 nitrogen and oxygen atoms in total. The summed E-state index contributed by atoms with van der Waals surface area (Å²) in [5.41, 5.74) is 3.35. The lowest BCUT2D eigenvalue weighted by atomic mass is 10.0. The number of hydrogen-bond donors (Lipinski definition) is 1. The van der Waals surface area contributed by atoms with Crippen LogP contribution in [0.25, 0.3) is 0 Å². The van der Waals surface area contributed by atoms with E-state index < -0.39 is 10.0 Å². The van der Waals surface area contributed by atoms with Crippen molar-refractivity contribution in [1.29, 1.82) is 0 Å². The van der Waals surface area contributed by atoms with Crippen LogP contribution in [0.4, 0.5) is 5.69 Å². The third-order valence-corrected chi connectivity index (χ3v) is 7.30. The monoisotopic (exact) mass is 402 g/mol. The minimum absolute atomic E-state index is 0.113. The molecule has 2 aromatic carbocycles. The summed E-state index contributed by atoms with van der Waals surface area (Å²) < 4.78 is 38.6. The molecule has 1 N–H and O–H groups in total. The number of sulfonamides is 1. The number of hydrogen-bond acceptors (Lipinski definition) is 5. The fraction of sp³-hybridized carbons (Fsp3) is 0.350. The Morgan fingerprint density at radius 3 is 2.43 bits per heavy atom. The van der Waals surface area contributed by atoms with Crippen molar-refractivity contribution in [3.05, 3.63) is 47.0 Å². The average Bonchev–Trinajstić information content (AvgIpc) is 2.99. The van der Waals surface area contributed by atoms with Crippen molar-refractivity contribution in [2.24, 2.45) is 0 Å². The molecule has 2 heterocycles. The van der Waals surface area contributed by atoms with Crippen molar-refractivity contribution in [2.45, 2.75) is 30.7 Å². The van der Waals surface area contributed by atoms with E-state index >= 15 is 0 Å². The minimum Gasteiger partial charge on any atom is -0.493 e. The van der Waals surface area contributed by atoms with Crippen molar-refractivity contribution in [1.82, 2.24) is 4.31 Å². The summed E-state index contributed by atoms with van der Waals surface area (Å²) in [5.74, 6) is 0.750. The average molecular weight is 402 g/mol. The normalized spacial score (nSPS) is 19.0. The van der Waals surface area contributed by atoms with Gasteiger partial charge in [0.2, 0.25) is 15.9 Å². The van der Waals surface area contributed by atoms with E-state index in [0.29, 0.717) is 30.2 Å². The van der Waals surface area contributed by atoms with Gasteiger partial charge in [0, 0.05) is 18.8 Å². The van der Waals surface area contributed by atoms with Crippen molar-refractivity contribution in [2.75, 3.05) is 26.1 Å². The molecular formula is C20H22N2O5S. The van der Waals surface area contributed by atoms with E-state index in [1.807, 2.05) is 12.1 Å². The predicted molar refractivity (Wildman–Crippen MR) is 104 cm³/mol. The molecule has 1 amide bonds. The van der Waals surface area contributed by atoms with Crippen LogP contribution in [0.1, 0.15) is 29.5 Å². The largest absolute Gasteiger partial charge is 0.493 e. The summed E-state index contributed by atoms with van der Waals surface area (Å²) in [4.78, 5) is 12.1. The van der Waals surface area contributed by atoms with Gasteiger partial charge in [0.1, 0.15) is 0 Å². The molecule has 0 saturated carbocycles. The molecule has 4 rings (SSSR count). The first-order valence-corrected chi connectivity index (χ1v) is 10.5. The summed E-state index contributed by atoms with van der Waals surface area (Å²) in [6.07, 6.45) is 0.594. The fourth-order valence-corrected chi connectivity index (χ4v) is 5.22. The molecule has 0 aromatic heterocycles. The lowest BCUT2D eigenvalue weighted by Gasteiger charge is -2.29. The highest BCUT2D eigenvalue weighted by atomic mass is 32.2. The molecule has 0 spiro atoms. The lowest BCUT2D eigenvalue weighted by Crippen LogP contribution is -2.36. The van der Waals surface area contributed by atoms with Gasteiger partial charge in [0.15, 0.2) is 11.5 Å². The Kier molecular flexibility index (Phi) is 4.55. The standard InChI is InChI=1S/C20H22N2O5S/c1-12-16-10-15(4-5-17(16)21-20(12)23)28(24,25)22-7-6-13-8-18(26-2)19(27-3)9-14(13)11-22/h4-5,8-10,12H,6-7,11H2,1-3H3,(H,21,23)/t12-/m0/s1. The number of nitrogens with one attached hydrogen (secondary N) is 1. The van der Waals surface area contributed by atoms with E-state index in [-0.39, 0.29) is 23.3 Å². The maximum atomic E-state index is 13.2. The molecule has 0 saturated heterocycles. The van der Waals surface area contributed by atoms with Gasteiger partial charge in [-0.15, -0.1) is 0 Å². The van der Waals surface area contributed by atoms with Crippen molar-refractivity contribution in [3.63, 3.8) is 0 Å². The molecule has 2 aliphatic heterocycles. The Balaban J connectivity index is 1.66. The molecule has 148 valence electrons. The maximum absolute atomic E-state index is 13.2. The van der Waals surface area contributed by atoms with Gasteiger partial charge in [-0.3, -0.25) is 4.79 Å². The second kappa shape index (κ2) is 6.79. The minimum atomic E-state index is -3.68. The third-order valence-electron chi connectivity index (χ3n) is 5.46. The Labute approximate surface area is 164 Å². The predicted octanol–water partition coefficient (Wildman–Crippen LogP) is 2.51. The van der Waals surface area contributed by atoms with Crippen molar-refractivity contribution < 1.29 is 22.7 Å². The molecule has 0 unspecified atom stereocenters. The van der Waals surface area contributed by atoms with E-state index in [2.05, 4.69) is 5.32 Å². The topological polar surface area (TPSA) is 84.9 Å². The molecule has 0 radical (unpaired) electrons. The molecule has 0 bridgehead atoms. The van der Waals surface area contributed by atoms with Crippen molar-refractivity contribution in [3.8, 4) is 11.5 Å². The van der Waals surface area contributed by atoms with Crippen LogP contribution in [0, 0.1) is 0 Å². The highest BCUT2D eigenvalue weighted by Crippen LogP contribution is 2.37. The Morgan fingerprint density at radius 2 is 1.75 bits per heavy atom. The number of anilines is 1. The van der Waals surface area contributed by atoms with E-state index in [0.717, 1.165) is 16.7 Å². The fourth-order valence-electron chi connectivity index (χ4n) is 3.77. The second-order valence-electron chi connectivity index (χ2n) is 7.02. The van der Waals surface area contributed by atoms with Crippen LogP contribution in [0.15, 0.2) is 35.2 Å². The number of nitrogens with zero attached hydrogens (tertiary/aromatic N) is 1. The van der Waals surface area contributed by atoms with Gasteiger partial charge in [-0.25, -0.2) is 8.42 Å². The zero-order valence-corrected chi connectivity index (χ0v) is 16.8. The van der Waals surface area contributed by atoms with Crippen LogP contribution >= 0.6 is 0 Å². The maximum Gasteiger partial charge on any atom is 0.243 e. The van der Waals surface area contributed by atoms with Gasteiger partial charge in [-0.05, 0) is 60.4 Å². The molecule has 0 aliphatic carbocycles. The van der Waals surface area contributed by atoms with E-state index in [1.54, 1.807) is 39.3 Å². The highest BCUT2D eigenvalue weighted by molar-refractivity contribution is 7.89. The Morgan fingerprint density at radius 1 is 1.07 bits per heavy atom. The summed E-state index contributed by atoms with van der Waals surface area (Å²) in [6.45, 7) is 2.42. The van der Waals surface area contributed by atoms with Crippen LogP contribution < -0.4 is 14.8 Å². The van der Waals surface area contributed by atoms with Gasteiger partial charge >= 0.3 is 0 Å². The third kappa shape index (κ3) is 2.93. The number of benzene rings is 2. The lowest BCUT2D eigenvalue weighted by molar-refractivity contribution is -0.116. The molecule has 28 heavy (non-hydrogen) atoms. The number of carbonyl (C=O) groups excluding carboxylic acids is 1. The Bertz CT molecular complexity index is 1060. The second-order valence-corrected chi connectivity index (χ2v) is 8.96. The molecule has 0 fully saturated rings. The smallest absolute Gasteiger partial charge is 0.243 e. The first-order valence-electron chi connectivity index (χ1n) is 9.04. The number of ether oxygens (including phenoxy) is 2. The first kappa shape index (κ1) is 18.8. The van der Waals surface area contributed by atoms with Crippen LogP contribution in [0.5, 0.6) is 11.5 Å². The van der Waals surface area contributed by atoms with Crippen LogP contribution in [0.2, 0.25) is 0 Å². The molecule has 8 heteroatoms. The van der Waals surface area contributed by atoms with E-state index in [4.69, 9.17) is 9.47 Å². The summed E-state index contributed by atoms with van der Waals surface area (Å²) >= 11 is 0. The molecule has 2 aromatic rings. The van der Waals surface area contributed by atoms with Gasteiger partial charge in [-0.1, -0.05) is 0 Å². The number of rotatable bonds is 4. The number of carbonyl (C=O) groups is 1. The zero-order chi connectivity index (χ0) is 20.1. The van der Waals surface area contributed by atoms with Crippen LogP contribution in [-0.2, 0) is 27.8 Å². The summed E-state index contributed by atoms with van der Waals surface area (Å²) in [7, 11) is -0.541. The molecule has 1 atom stereocenters. The number of fused-ring (bicyclic) bond motifs is 2. The number of amides is 1. The summed E-state index contributed by atoms with van der Waals surface area (Å²) in [5, 5.41) is 2.77. The van der Waals surface area contributed by atoms with Gasteiger partial charge in [-0.2, -0.15) is 4.31 Å². The van der Waals surface area contributed by atoms with Gasteiger partial charge in [0.05, 0.1) is 25.0 Å². The number of methoxy groups -OCH3 is 2. The highest BCUT2D eigenvalue weighted by Gasteiger charge is 2.32. The first-order chi connectivity index (χ1) is 13.3. The van der Waals surface area contributed by atoms with Crippen molar-refractivity contribution >= 4 is 21.6 Å². The zero-order valence-electron chi connectivity index (χ0n) is 16.0.